The second kappa shape index (κ2) is 8.14. The number of rotatable bonds is 6. The van der Waals surface area contributed by atoms with E-state index < -0.39 is 0 Å². The highest BCUT2D eigenvalue weighted by molar-refractivity contribution is 5.90. The van der Waals surface area contributed by atoms with E-state index in [0.29, 0.717) is 23.9 Å². The lowest BCUT2D eigenvalue weighted by Crippen LogP contribution is -2.29. The van der Waals surface area contributed by atoms with Gasteiger partial charge in [0, 0.05) is 25.9 Å². The van der Waals surface area contributed by atoms with Crippen molar-refractivity contribution in [3.63, 3.8) is 0 Å². The van der Waals surface area contributed by atoms with Crippen LogP contribution in [0.1, 0.15) is 18.4 Å². The van der Waals surface area contributed by atoms with Crippen molar-refractivity contribution < 1.29 is 9.53 Å². The van der Waals surface area contributed by atoms with E-state index in [1.165, 1.54) is 0 Å². The number of amides is 2. The fourth-order valence-electron chi connectivity index (χ4n) is 2.10. The van der Waals surface area contributed by atoms with Crippen LogP contribution >= 0.6 is 0 Å². The first kappa shape index (κ1) is 17.5. The van der Waals surface area contributed by atoms with Crippen LogP contribution in [0, 0.1) is 6.92 Å². The minimum atomic E-state index is -0.335. The van der Waals surface area contributed by atoms with Crippen LogP contribution in [0.4, 0.5) is 16.3 Å². The molecule has 2 amide bonds. The number of nitrogens with one attached hydrogen (secondary N) is 2. The number of urea groups is 1. The zero-order valence-corrected chi connectivity index (χ0v) is 14.5. The normalized spacial score (nSPS) is 10.2. The van der Waals surface area contributed by atoms with Gasteiger partial charge in [0.25, 0.3) is 0 Å². The van der Waals surface area contributed by atoms with E-state index in [4.69, 9.17) is 4.74 Å². The fraction of sp³-hybridized carbons (Fsp3) is 0.353. The van der Waals surface area contributed by atoms with Gasteiger partial charge in [0.2, 0.25) is 0 Å². The Hall–Kier alpha value is -2.83. The predicted molar refractivity (Wildman–Crippen MR) is 94.6 cm³/mol. The maximum Gasteiger partial charge on any atom is 0.319 e. The van der Waals surface area contributed by atoms with Crippen LogP contribution in [0.3, 0.4) is 0 Å². The first-order valence-electron chi connectivity index (χ1n) is 7.78. The molecule has 0 saturated heterocycles. The Balaban J connectivity index is 1.99. The molecule has 0 spiro atoms. The molecule has 0 bridgehead atoms. The third-order valence-corrected chi connectivity index (χ3v) is 3.19. The number of anilines is 2. The summed E-state index contributed by atoms with van der Waals surface area (Å²) in [6.45, 7) is 4.57. The van der Waals surface area contributed by atoms with E-state index in [1.54, 1.807) is 6.07 Å². The topological polar surface area (TPSA) is 79.4 Å². The molecule has 2 N–H and O–H groups in total. The van der Waals surface area contributed by atoms with Gasteiger partial charge in [-0.1, -0.05) is 12.1 Å². The molecule has 2 rings (SSSR count). The van der Waals surface area contributed by atoms with Gasteiger partial charge in [0.1, 0.15) is 17.4 Å². The van der Waals surface area contributed by atoms with E-state index in [2.05, 4.69) is 20.6 Å². The monoisotopic (exact) mass is 329 g/mol. The van der Waals surface area contributed by atoms with Gasteiger partial charge in [0.15, 0.2) is 0 Å². The van der Waals surface area contributed by atoms with Gasteiger partial charge in [-0.05, 0) is 26.0 Å². The molecule has 7 heteroatoms. The van der Waals surface area contributed by atoms with Gasteiger partial charge in [-0.3, -0.25) is 0 Å². The van der Waals surface area contributed by atoms with Crippen molar-refractivity contribution >= 4 is 17.5 Å². The second-order valence-electron chi connectivity index (χ2n) is 5.42. The molecule has 0 atom stereocenters. The molecule has 0 saturated carbocycles. The molecule has 0 aliphatic heterocycles. The number of aryl methyl sites for hydroxylation is 1. The molecule has 1 heterocycles. The third kappa shape index (κ3) is 4.84. The summed E-state index contributed by atoms with van der Waals surface area (Å²) in [7, 11) is 3.83. The molecule has 1 aromatic carbocycles. The maximum atomic E-state index is 12.1. The zero-order chi connectivity index (χ0) is 17.5. The number of hydrogen-bond acceptors (Lipinski definition) is 5. The molecule has 0 aliphatic carbocycles. The van der Waals surface area contributed by atoms with Crippen molar-refractivity contribution in [1.29, 1.82) is 0 Å². The number of carbonyl (C=O) groups is 1. The maximum absolute atomic E-state index is 12.1. The number of aromatic nitrogens is 2. The van der Waals surface area contributed by atoms with E-state index in [9.17, 15) is 4.79 Å². The molecular weight excluding hydrogens is 306 g/mol. The minimum Gasteiger partial charge on any atom is -0.492 e. The van der Waals surface area contributed by atoms with Gasteiger partial charge in [0.05, 0.1) is 18.8 Å². The van der Waals surface area contributed by atoms with Gasteiger partial charge < -0.3 is 20.3 Å². The quantitative estimate of drug-likeness (QED) is 0.851. The Bertz CT molecular complexity index is 703. The van der Waals surface area contributed by atoms with E-state index in [0.717, 1.165) is 11.5 Å². The van der Waals surface area contributed by atoms with Gasteiger partial charge >= 0.3 is 6.03 Å². The molecule has 1 aromatic heterocycles. The van der Waals surface area contributed by atoms with Gasteiger partial charge in [-0.2, -0.15) is 0 Å². The Kier molecular flexibility index (Phi) is 5.95. The number of para-hydroxylation sites is 2. The summed E-state index contributed by atoms with van der Waals surface area (Å²) in [5, 5.41) is 5.54. The number of ether oxygens (including phenoxy) is 1. The summed E-state index contributed by atoms with van der Waals surface area (Å²) < 4.78 is 5.49. The molecule has 0 radical (unpaired) electrons. The Morgan fingerprint density at radius 3 is 2.71 bits per heavy atom. The smallest absolute Gasteiger partial charge is 0.319 e. The largest absolute Gasteiger partial charge is 0.492 e. The Morgan fingerprint density at radius 2 is 2.00 bits per heavy atom. The van der Waals surface area contributed by atoms with Crippen LogP contribution < -0.4 is 20.3 Å². The average Bonchev–Trinajstić information content (AvgIpc) is 2.54. The van der Waals surface area contributed by atoms with Crippen LogP contribution in [0.5, 0.6) is 5.75 Å². The molecule has 128 valence electrons. The lowest BCUT2D eigenvalue weighted by molar-refractivity contribution is 0.251. The zero-order valence-electron chi connectivity index (χ0n) is 14.5. The highest BCUT2D eigenvalue weighted by Gasteiger charge is 2.09. The van der Waals surface area contributed by atoms with Crippen LogP contribution in [0.25, 0.3) is 0 Å². The van der Waals surface area contributed by atoms with E-state index in [1.807, 2.05) is 57.1 Å². The molecule has 24 heavy (non-hydrogen) atoms. The molecule has 0 fully saturated rings. The number of benzene rings is 1. The summed E-state index contributed by atoms with van der Waals surface area (Å²) >= 11 is 0. The SMILES string of the molecule is CCOc1ccccc1NC(=O)NCc1nc(C)cc(N(C)C)n1. The number of hydrogen-bond donors (Lipinski definition) is 2. The van der Waals surface area contributed by atoms with Crippen LogP contribution in [-0.2, 0) is 6.54 Å². The van der Waals surface area contributed by atoms with Crippen molar-refractivity contribution in [2.45, 2.75) is 20.4 Å². The lowest BCUT2D eigenvalue weighted by atomic mass is 10.3. The highest BCUT2D eigenvalue weighted by atomic mass is 16.5. The fourth-order valence-corrected chi connectivity index (χ4v) is 2.10. The van der Waals surface area contributed by atoms with Crippen LogP contribution in [0.2, 0.25) is 0 Å². The Morgan fingerprint density at radius 1 is 1.25 bits per heavy atom. The summed E-state index contributed by atoms with van der Waals surface area (Å²) in [6, 6.07) is 8.85. The van der Waals surface area contributed by atoms with Crippen molar-refractivity contribution in [3.05, 3.63) is 41.9 Å². The first-order chi connectivity index (χ1) is 11.5. The lowest BCUT2D eigenvalue weighted by Gasteiger charge is -2.14. The molecule has 7 nitrogen and oxygen atoms in total. The van der Waals surface area contributed by atoms with Crippen molar-refractivity contribution in [2.75, 3.05) is 30.9 Å². The number of carbonyl (C=O) groups excluding carboxylic acids is 1. The predicted octanol–water partition coefficient (Wildman–Crippen LogP) is 2.57. The second-order valence-corrected chi connectivity index (χ2v) is 5.42. The van der Waals surface area contributed by atoms with Crippen molar-refractivity contribution in [3.8, 4) is 5.75 Å². The van der Waals surface area contributed by atoms with E-state index >= 15 is 0 Å². The van der Waals surface area contributed by atoms with Gasteiger partial charge in [-0.15, -0.1) is 0 Å². The molecular formula is C17H23N5O2. The number of nitrogens with zero attached hydrogens (tertiary/aromatic N) is 3. The van der Waals surface area contributed by atoms with Crippen molar-refractivity contribution in [2.24, 2.45) is 0 Å². The van der Waals surface area contributed by atoms with Gasteiger partial charge in [-0.25, -0.2) is 14.8 Å². The van der Waals surface area contributed by atoms with Crippen LogP contribution in [-0.4, -0.2) is 36.7 Å². The minimum absolute atomic E-state index is 0.241. The molecule has 0 aliphatic rings. The average molecular weight is 329 g/mol. The van der Waals surface area contributed by atoms with Crippen LogP contribution in [0.15, 0.2) is 30.3 Å². The summed E-state index contributed by atoms with van der Waals surface area (Å²) in [6.07, 6.45) is 0. The molecule has 0 unspecified atom stereocenters. The summed E-state index contributed by atoms with van der Waals surface area (Å²) in [5.74, 6) is 2.00. The summed E-state index contributed by atoms with van der Waals surface area (Å²) in [4.78, 5) is 22.7. The van der Waals surface area contributed by atoms with Crippen molar-refractivity contribution in [1.82, 2.24) is 15.3 Å². The highest BCUT2D eigenvalue weighted by Crippen LogP contribution is 2.23. The Labute approximate surface area is 142 Å². The molecule has 2 aromatic rings. The first-order valence-corrected chi connectivity index (χ1v) is 7.78. The third-order valence-electron chi connectivity index (χ3n) is 3.19. The summed E-state index contributed by atoms with van der Waals surface area (Å²) in [5.41, 5.74) is 1.48. The van der Waals surface area contributed by atoms with E-state index in [-0.39, 0.29) is 12.6 Å². The standard InChI is InChI=1S/C17H23N5O2/c1-5-24-14-9-7-6-8-13(14)20-17(23)18-11-15-19-12(2)10-16(21-15)22(3)4/h6-10H,5,11H2,1-4H3,(H2,18,20,23).